The van der Waals surface area contributed by atoms with Crippen molar-refractivity contribution in [3.05, 3.63) is 58.5 Å². The van der Waals surface area contributed by atoms with Crippen LogP contribution in [-0.4, -0.2) is 30.7 Å². The smallest absolute Gasteiger partial charge is 0.356 e. The van der Waals surface area contributed by atoms with E-state index in [0.717, 1.165) is 0 Å². The van der Waals surface area contributed by atoms with Crippen molar-refractivity contribution in [1.29, 1.82) is 0 Å². The van der Waals surface area contributed by atoms with E-state index in [1.165, 1.54) is 28.8 Å². The van der Waals surface area contributed by atoms with Crippen LogP contribution in [0.3, 0.4) is 0 Å². The molecule has 0 amide bonds. The van der Waals surface area contributed by atoms with E-state index in [1.54, 1.807) is 39.1 Å². The van der Waals surface area contributed by atoms with Gasteiger partial charge in [0.15, 0.2) is 0 Å². The second-order valence-electron chi connectivity index (χ2n) is 7.67. The summed E-state index contributed by atoms with van der Waals surface area (Å²) in [5.41, 5.74) is -3.80. The first-order chi connectivity index (χ1) is 12.9. The van der Waals surface area contributed by atoms with Crippen LogP contribution in [0.5, 0.6) is 5.75 Å². The van der Waals surface area contributed by atoms with Crippen LogP contribution >= 0.6 is 7.60 Å². The first-order valence-electron chi connectivity index (χ1n) is 9.25. The Bertz CT molecular complexity index is 1010. The van der Waals surface area contributed by atoms with Crippen LogP contribution in [-0.2, 0) is 10.1 Å². The second kappa shape index (κ2) is 6.56. The maximum atomic E-state index is 12.8. The van der Waals surface area contributed by atoms with Gasteiger partial charge in [-0.1, -0.05) is 19.9 Å². The minimum atomic E-state index is -4.54. The molecular formula is C20H26NO6P. The highest BCUT2D eigenvalue weighted by Gasteiger charge is 2.64. The van der Waals surface area contributed by atoms with Gasteiger partial charge in [-0.3, -0.25) is 9.36 Å². The first kappa shape index (κ1) is 20.8. The fourth-order valence-corrected chi connectivity index (χ4v) is 5.20. The lowest BCUT2D eigenvalue weighted by atomic mass is 9.61. The summed E-state index contributed by atoms with van der Waals surface area (Å²) in [5, 5.41) is 11.8. The van der Waals surface area contributed by atoms with Crippen molar-refractivity contribution in [3.63, 3.8) is 0 Å². The molecule has 0 aliphatic carbocycles. The highest BCUT2D eigenvalue weighted by Crippen LogP contribution is 2.55. The van der Waals surface area contributed by atoms with Gasteiger partial charge in [0.2, 0.25) is 0 Å². The molecule has 2 aromatic rings. The number of aromatic nitrogens is 1. The molecule has 0 radical (unpaired) electrons. The fraction of sp³-hybridized carbons (Fsp3) is 0.450. The van der Waals surface area contributed by atoms with Crippen LogP contribution in [0.25, 0.3) is 0 Å². The molecule has 28 heavy (non-hydrogen) atoms. The van der Waals surface area contributed by atoms with Gasteiger partial charge in [-0.25, -0.2) is 0 Å². The van der Waals surface area contributed by atoms with Crippen LogP contribution in [0.4, 0.5) is 0 Å². The van der Waals surface area contributed by atoms with Crippen molar-refractivity contribution >= 4 is 12.9 Å². The molecule has 3 N–H and O–H groups in total. The van der Waals surface area contributed by atoms with Crippen molar-refractivity contribution in [2.75, 3.05) is 0 Å². The average molecular weight is 407 g/mol. The van der Waals surface area contributed by atoms with Crippen molar-refractivity contribution in [3.8, 4) is 5.75 Å². The number of hydrogen-bond acceptors (Lipinski definition) is 4. The van der Waals surface area contributed by atoms with Gasteiger partial charge in [0.05, 0.1) is 5.30 Å². The number of aliphatic hydroxyl groups is 1. The minimum Gasteiger partial charge on any atom is -0.484 e. The van der Waals surface area contributed by atoms with E-state index in [-0.39, 0.29) is 17.3 Å². The quantitative estimate of drug-likeness (QED) is 0.670. The summed E-state index contributed by atoms with van der Waals surface area (Å²) in [4.78, 5) is 32.2. The monoisotopic (exact) mass is 407 g/mol. The maximum Gasteiger partial charge on any atom is 0.356 e. The van der Waals surface area contributed by atoms with Crippen LogP contribution in [0, 0.1) is 0 Å². The molecule has 0 bridgehead atoms. The summed E-state index contributed by atoms with van der Waals surface area (Å²) < 4.78 is 19.5. The molecule has 3 rings (SSSR count). The van der Waals surface area contributed by atoms with Gasteiger partial charge < -0.3 is 24.2 Å². The molecule has 1 aliphatic heterocycles. The standard InChI is InChI=1S/C20H26NO6P/c1-5-19(21-12-8-7-9-17(21)22)15-13-14(28(24,25)26)10-11-16(15)27-18(3,4)20(19,23)6-2/h7-13,23H,5-6H2,1-4H3,(H2,24,25,26). The predicted octanol–water partition coefficient (Wildman–Crippen LogP) is 2.12. The number of pyridine rings is 1. The van der Waals surface area contributed by atoms with E-state index >= 15 is 0 Å². The number of nitrogens with zero attached hydrogens (tertiary/aromatic N) is 1. The van der Waals surface area contributed by atoms with Gasteiger partial charge in [0.25, 0.3) is 5.56 Å². The van der Waals surface area contributed by atoms with Crippen molar-refractivity contribution < 1.29 is 24.2 Å². The van der Waals surface area contributed by atoms with Crippen LogP contribution in [0.1, 0.15) is 46.1 Å². The third kappa shape index (κ3) is 2.69. The highest BCUT2D eigenvalue weighted by atomic mass is 31.2. The summed E-state index contributed by atoms with van der Waals surface area (Å²) in [7, 11) is -4.54. The molecule has 7 nitrogen and oxygen atoms in total. The third-order valence-electron chi connectivity index (χ3n) is 6.05. The summed E-state index contributed by atoms with van der Waals surface area (Å²) in [6, 6.07) is 8.89. The van der Waals surface area contributed by atoms with Gasteiger partial charge in [0.1, 0.15) is 22.5 Å². The van der Waals surface area contributed by atoms with Gasteiger partial charge in [-0.2, -0.15) is 0 Å². The molecule has 0 fully saturated rings. The fourth-order valence-electron chi connectivity index (χ4n) is 4.63. The molecule has 2 atom stereocenters. The van der Waals surface area contributed by atoms with Gasteiger partial charge in [-0.05, 0) is 51.0 Å². The Kier molecular flexibility index (Phi) is 4.88. The molecule has 1 aromatic carbocycles. The van der Waals surface area contributed by atoms with Gasteiger partial charge in [0, 0.05) is 17.8 Å². The topological polar surface area (TPSA) is 109 Å². The summed E-state index contributed by atoms with van der Waals surface area (Å²) in [6.45, 7) is 7.17. The number of hydrogen-bond donors (Lipinski definition) is 3. The van der Waals surface area contributed by atoms with Crippen molar-refractivity contribution in [2.45, 2.75) is 57.3 Å². The lowest BCUT2D eigenvalue weighted by molar-refractivity contribution is -0.190. The molecule has 152 valence electrons. The Labute approximate surface area is 163 Å². The minimum absolute atomic E-state index is 0.185. The Balaban J connectivity index is 2.51. The molecule has 8 heteroatoms. The largest absolute Gasteiger partial charge is 0.484 e. The molecular weight excluding hydrogens is 381 g/mol. The Morgan fingerprint density at radius 2 is 1.79 bits per heavy atom. The molecule has 2 heterocycles. The van der Waals surface area contributed by atoms with Crippen LogP contribution < -0.4 is 15.6 Å². The lowest BCUT2D eigenvalue weighted by Crippen LogP contribution is -2.71. The number of ether oxygens (including phenoxy) is 1. The van der Waals surface area contributed by atoms with Crippen LogP contribution in [0.15, 0.2) is 47.4 Å². The zero-order valence-electron chi connectivity index (χ0n) is 16.4. The molecule has 0 saturated heterocycles. The van der Waals surface area contributed by atoms with Crippen molar-refractivity contribution in [2.24, 2.45) is 0 Å². The van der Waals surface area contributed by atoms with Crippen LogP contribution in [0.2, 0.25) is 0 Å². The van der Waals surface area contributed by atoms with E-state index < -0.39 is 24.3 Å². The molecule has 2 unspecified atom stereocenters. The predicted molar refractivity (Wildman–Crippen MR) is 106 cm³/mol. The number of fused-ring (bicyclic) bond motifs is 1. The summed E-state index contributed by atoms with van der Waals surface area (Å²) in [5.74, 6) is 0.387. The zero-order chi connectivity index (χ0) is 21.0. The Hall–Kier alpha value is -1.92. The number of rotatable bonds is 4. The van der Waals surface area contributed by atoms with E-state index in [0.29, 0.717) is 17.7 Å². The number of benzene rings is 1. The van der Waals surface area contributed by atoms with E-state index in [4.69, 9.17) is 4.74 Å². The van der Waals surface area contributed by atoms with E-state index in [9.17, 15) is 24.3 Å². The third-order valence-corrected chi connectivity index (χ3v) is 7.00. The average Bonchev–Trinajstić information content (AvgIpc) is 2.62. The molecule has 1 aromatic heterocycles. The Morgan fingerprint density at radius 1 is 1.11 bits per heavy atom. The highest BCUT2D eigenvalue weighted by molar-refractivity contribution is 7.60. The van der Waals surface area contributed by atoms with Gasteiger partial charge in [-0.15, -0.1) is 0 Å². The molecule has 1 aliphatic rings. The van der Waals surface area contributed by atoms with Gasteiger partial charge >= 0.3 is 7.60 Å². The second-order valence-corrected chi connectivity index (χ2v) is 9.28. The normalized spacial score (nSPS) is 26.4. The molecule has 0 saturated carbocycles. The summed E-state index contributed by atoms with van der Waals surface area (Å²) in [6.07, 6.45) is 2.17. The SMILES string of the molecule is CCC1(n2ccccc2=O)c2cc(P(=O)(O)O)ccc2OC(C)(C)C1(O)CC. The zero-order valence-corrected chi connectivity index (χ0v) is 17.3. The Morgan fingerprint density at radius 3 is 2.32 bits per heavy atom. The summed E-state index contributed by atoms with van der Waals surface area (Å²) >= 11 is 0. The van der Waals surface area contributed by atoms with Crippen molar-refractivity contribution in [1.82, 2.24) is 4.57 Å². The maximum absolute atomic E-state index is 12.8. The first-order valence-corrected chi connectivity index (χ1v) is 10.9. The molecule has 0 spiro atoms. The van der Waals surface area contributed by atoms with E-state index in [1.807, 2.05) is 6.92 Å². The van der Waals surface area contributed by atoms with E-state index in [2.05, 4.69) is 0 Å². The lowest BCUT2D eigenvalue weighted by Gasteiger charge is -2.58.